The molecule has 21 heavy (non-hydrogen) atoms. The summed E-state index contributed by atoms with van der Waals surface area (Å²) in [6.07, 6.45) is -2.90. The fraction of sp³-hybridized carbons (Fsp3) is 0.667. The molecule has 1 aliphatic heterocycles. The smallest absolute Gasteiger partial charge is 0.384 e. The molecule has 1 fully saturated rings. The minimum atomic E-state index is -4.60. The molecule has 0 amide bonds. The number of alkyl halides is 3. The Morgan fingerprint density at radius 2 is 2.05 bits per heavy atom. The Kier molecular flexibility index (Phi) is 4.84. The molecular formula is C12H18F3N5O. The van der Waals surface area contributed by atoms with Gasteiger partial charge in [0.1, 0.15) is 11.6 Å². The van der Waals surface area contributed by atoms with Gasteiger partial charge in [0.2, 0.25) is 5.82 Å². The lowest BCUT2D eigenvalue weighted by molar-refractivity contribution is -0.144. The monoisotopic (exact) mass is 305 g/mol. The van der Waals surface area contributed by atoms with Gasteiger partial charge in [-0.25, -0.2) is 15.8 Å². The number of nitrogens with zero attached hydrogens (tertiary/aromatic N) is 3. The third-order valence-corrected chi connectivity index (χ3v) is 3.45. The third kappa shape index (κ3) is 3.94. The molecule has 1 aromatic heterocycles. The van der Waals surface area contributed by atoms with Crippen molar-refractivity contribution in [1.82, 2.24) is 9.97 Å². The molecule has 0 spiro atoms. The van der Waals surface area contributed by atoms with Crippen LogP contribution in [0.25, 0.3) is 0 Å². The Balaban J connectivity index is 2.16. The number of ether oxygens (including phenoxy) is 1. The van der Waals surface area contributed by atoms with Gasteiger partial charge in [0.15, 0.2) is 0 Å². The number of anilines is 2. The first-order valence-electron chi connectivity index (χ1n) is 6.61. The Hall–Kier alpha value is -1.61. The SMILES string of the molecule is COCC1CCN(c2cc(NN)nc(C(F)(F)F)n2)CC1. The van der Waals surface area contributed by atoms with Crippen LogP contribution in [0.15, 0.2) is 6.07 Å². The number of nitrogen functional groups attached to an aromatic ring is 1. The van der Waals surface area contributed by atoms with Gasteiger partial charge in [-0.15, -0.1) is 0 Å². The van der Waals surface area contributed by atoms with Gasteiger partial charge in [0, 0.05) is 32.9 Å². The van der Waals surface area contributed by atoms with E-state index in [4.69, 9.17) is 10.6 Å². The van der Waals surface area contributed by atoms with E-state index in [9.17, 15) is 13.2 Å². The summed E-state index contributed by atoms with van der Waals surface area (Å²) in [5, 5.41) is 0. The molecule has 118 valence electrons. The quantitative estimate of drug-likeness (QED) is 0.650. The fourth-order valence-electron chi connectivity index (χ4n) is 2.36. The predicted octanol–water partition coefficient (Wildman–Crippen LogP) is 1.64. The number of hydrogen-bond acceptors (Lipinski definition) is 6. The van der Waals surface area contributed by atoms with E-state index in [1.54, 1.807) is 7.11 Å². The number of halogens is 3. The van der Waals surface area contributed by atoms with E-state index in [0.29, 0.717) is 25.6 Å². The highest BCUT2D eigenvalue weighted by atomic mass is 19.4. The van der Waals surface area contributed by atoms with Crippen molar-refractivity contribution in [2.75, 3.05) is 37.1 Å². The van der Waals surface area contributed by atoms with Crippen molar-refractivity contribution in [3.05, 3.63) is 11.9 Å². The van der Waals surface area contributed by atoms with Crippen LogP contribution in [0.1, 0.15) is 18.7 Å². The molecular weight excluding hydrogens is 287 g/mol. The number of nitrogens with two attached hydrogens (primary N) is 1. The normalized spacial score (nSPS) is 17.1. The molecule has 9 heteroatoms. The zero-order valence-electron chi connectivity index (χ0n) is 11.7. The highest BCUT2D eigenvalue weighted by Gasteiger charge is 2.36. The number of hydrazine groups is 1. The lowest BCUT2D eigenvalue weighted by Crippen LogP contribution is -2.36. The Labute approximate surface area is 120 Å². The second kappa shape index (κ2) is 6.44. The molecule has 1 aromatic rings. The summed E-state index contributed by atoms with van der Waals surface area (Å²) in [6.45, 7) is 1.93. The summed E-state index contributed by atoms with van der Waals surface area (Å²) in [4.78, 5) is 8.76. The van der Waals surface area contributed by atoms with E-state index < -0.39 is 12.0 Å². The first kappa shape index (κ1) is 15.8. The largest absolute Gasteiger partial charge is 0.451 e. The van der Waals surface area contributed by atoms with Gasteiger partial charge in [0.05, 0.1) is 0 Å². The number of aromatic nitrogens is 2. The average molecular weight is 305 g/mol. The molecule has 0 bridgehead atoms. The van der Waals surface area contributed by atoms with Crippen molar-refractivity contribution >= 4 is 11.6 Å². The third-order valence-electron chi connectivity index (χ3n) is 3.45. The first-order valence-corrected chi connectivity index (χ1v) is 6.61. The number of methoxy groups -OCH3 is 1. The number of rotatable bonds is 4. The van der Waals surface area contributed by atoms with Crippen molar-refractivity contribution in [3.63, 3.8) is 0 Å². The van der Waals surface area contributed by atoms with Crippen molar-refractivity contribution in [2.24, 2.45) is 11.8 Å². The number of hydrogen-bond donors (Lipinski definition) is 2. The molecule has 0 radical (unpaired) electrons. The highest BCUT2D eigenvalue weighted by molar-refractivity contribution is 5.49. The van der Waals surface area contributed by atoms with Crippen molar-refractivity contribution in [2.45, 2.75) is 19.0 Å². The lowest BCUT2D eigenvalue weighted by Gasteiger charge is -2.32. The van der Waals surface area contributed by atoms with Crippen LogP contribution < -0.4 is 16.2 Å². The highest BCUT2D eigenvalue weighted by Crippen LogP contribution is 2.30. The molecule has 2 rings (SSSR count). The maximum atomic E-state index is 12.8. The summed E-state index contributed by atoms with van der Waals surface area (Å²) < 4.78 is 43.5. The van der Waals surface area contributed by atoms with E-state index in [0.717, 1.165) is 12.8 Å². The van der Waals surface area contributed by atoms with Crippen LogP contribution in [0.2, 0.25) is 0 Å². The van der Waals surface area contributed by atoms with Crippen molar-refractivity contribution in [1.29, 1.82) is 0 Å². The Morgan fingerprint density at radius 1 is 1.38 bits per heavy atom. The molecule has 6 nitrogen and oxygen atoms in total. The van der Waals surface area contributed by atoms with Crippen LogP contribution in [0.5, 0.6) is 0 Å². The van der Waals surface area contributed by atoms with Gasteiger partial charge in [0.25, 0.3) is 0 Å². The van der Waals surface area contributed by atoms with Gasteiger partial charge >= 0.3 is 6.18 Å². The van der Waals surface area contributed by atoms with Gasteiger partial charge in [-0.05, 0) is 18.8 Å². The molecule has 2 heterocycles. The van der Waals surface area contributed by atoms with E-state index in [1.807, 2.05) is 4.90 Å². The number of nitrogens with one attached hydrogen (secondary N) is 1. The summed E-state index contributed by atoms with van der Waals surface area (Å²) >= 11 is 0. The maximum Gasteiger partial charge on any atom is 0.451 e. The number of piperidine rings is 1. The first-order chi connectivity index (χ1) is 9.94. The second-order valence-corrected chi connectivity index (χ2v) is 4.96. The molecule has 1 saturated heterocycles. The average Bonchev–Trinajstić information content (AvgIpc) is 2.47. The van der Waals surface area contributed by atoms with Crippen LogP contribution in [0, 0.1) is 5.92 Å². The van der Waals surface area contributed by atoms with Crippen LogP contribution in [0.4, 0.5) is 24.8 Å². The summed E-state index contributed by atoms with van der Waals surface area (Å²) in [6, 6.07) is 1.42. The van der Waals surface area contributed by atoms with Crippen LogP contribution in [0.3, 0.4) is 0 Å². The van der Waals surface area contributed by atoms with Gasteiger partial charge in [-0.3, -0.25) is 0 Å². The fourth-order valence-corrected chi connectivity index (χ4v) is 2.36. The molecule has 1 aliphatic rings. The zero-order valence-corrected chi connectivity index (χ0v) is 11.7. The van der Waals surface area contributed by atoms with Gasteiger partial charge < -0.3 is 15.1 Å². The molecule has 0 saturated carbocycles. The summed E-state index contributed by atoms with van der Waals surface area (Å²) in [7, 11) is 1.64. The summed E-state index contributed by atoms with van der Waals surface area (Å²) in [5.41, 5.74) is 2.15. The summed E-state index contributed by atoms with van der Waals surface area (Å²) in [5.74, 6) is 4.61. The van der Waals surface area contributed by atoms with E-state index in [-0.39, 0.29) is 11.6 Å². The van der Waals surface area contributed by atoms with Crippen LogP contribution in [-0.2, 0) is 10.9 Å². The standard InChI is InChI=1S/C12H18F3N5O/c1-21-7-8-2-4-20(5-3-8)10-6-9(19-16)17-11(18-10)12(13,14)15/h6,8H,2-5,7,16H2,1H3,(H,17,18,19). The van der Waals surface area contributed by atoms with Crippen molar-refractivity contribution in [3.8, 4) is 0 Å². The topological polar surface area (TPSA) is 76.3 Å². The van der Waals surface area contributed by atoms with E-state index in [2.05, 4.69) is 15.4 Å². The van der Waals surface area contributed by atoms with E-state index >= 15 is 0 Å². The minimum Gasteiger partial charge on any atom is -0.384 e. The molecule has 0 aliphatic carbocycles. The molecule has 0 aromatic carbocycles. The van der Waals surface area contributed by atoms with Crippen LogP contribution >= 0.6 is 0 Å². The van der Waals surface area contributed by atoms with E-state index in [1.165, 1.54) is 6.07 Å². The minimum absolute atomic E-state index is 0.0497. The zero-order chi connectivity index (χ0) is 15.5. The second-order valence-electron chi connectivity index (χ2n) is 4.96. The van der Waals surface area contributed by atoms with Gasteiger partial charge in [-0.1, -0.05) is 0 Å². The van der Waals surface area contributed by atoms with Crippen molar-refractivity contribution < 1.29 is 17.9 Å². The molecule has 0 unspecified atom stereocenters. The van der Waals surface area contributed by atoms with Gasteiger partial charge in [-0.2, -0.15) is 13.2 Å². The predicted molar refractivity (Wildman–Crippen MR) is 71.7 cm³/mol. The lowest BCUT2D eigenvalue weighted by atomic mass is 9.98. The molecule has 3 N–H and O–H groups in total. The molecule has 0 atom stereocenters. The maximum absolute atomic E-state index is 12.8. The Morgan fingerprint density at radius 3 is 2.57 bits per heavy atom. The Bertz CT molecular complexity index is 474. The van der Waals surface area contributed by atoms with Crippen LogP contribution in [-0.4, -0.2) is 36.8 Å².